The smallest absolute Gasteiger partial charge is 0.304 e. The third kappa shape index (κ3) is 3.30. The van der Waals surface area contributed by atoms with Crippen molar-refractivity contribution in [1.82, 2.24) is 14.9 Å². The number of anilines is 1. The zero-order valence-corrected chi connectivity index (χ0v) is 10.0. The van der Waals surface area contributed by atoms with Crippen LogP contribution in [0.2, 0.25) is 0 Å². The highest BCUT2D eigenvalue weighted by Gasteiger charge is 2.18. The SMILES string of the molecule is O=C(O)CCN1CCN(c2cc(=O)[nH]cn2)CC1. The number of nitrogens with one attached hydrogen (secondary N) is 1. The van der Waals surface area contributed by atoms with Crippen LogP contribution in [0.15, 0.2) is 17.2 Å². The summed E-state index contributed by atoms with van der Waals surface area (Å²) in [7, 11) is 0. The Morgan fingerprint density at radius 3 is 2.72 bits per heavy atom. The lowest BCUT2D eigenvalue weighted by Gasteiger charge is -2.34. The number of carboxylic acid groups (broad SMARTS) is 1. The van der Waals surface area contributed by atoms with Gasteiger partial charge in [-0.25, -0.2) is 4.98 Å². The summed E-state index contributed by atoms with van der Waals surface area (Å²) in [4.78, 5) is 32.4. The van der Waals surface area contributed by atoms with Crippen molar-refractivity contribution in [3.05, 3.63) is 22.7 Å². The molecule has 0 aromatic carbocycles. The topological polar surface area (TPSA) is 89.5 Å². The van der Waals surface area contributed by atoms with Crippen molar-refractivity contribution in [2.75, 3.05) is 37.6 Å². The van der Waals surface area contributed by atoms with Crippen molar-refractivity contribution in [2.45, 2.75) is 6.42 Å². The molecule has 7 nitrogen and oxygen atoms in total. The summed E-state index contributed by atoms with van der Waals surface area (Å²) in [6.07, 6.45) is 1.57. The maximum Gasteiger partial charge on any atom is 0.304 e. The van der Waals surface area contributed by atoms with Crippen molar-refractivity contribution in [3.8, 4) is 0 Å². The monoisotopic (exact) mass is 252 g/mol. The van der Waals surface area contributed by atoms with Gasteiger partial charge >= 0.3 is 5.97 Å². The molecule has 0 spiro atoms. The highest BCUT2D eigenvalue weighted by Crippen LogP contribution is 2.10. The molecule has 0 bridgehead atoms. The van der Waals surface area contributed by atoms with Gasteiger partial charge in [-0.3, -0.25) is 14.5 Å². The number of rotatable bonds is 4. The predicted molar refractivity (Wildman–Crippen MR) is 65.8 cm³/mol. The number of aliphatic carboxylic acids is 1. The highest BCUT2D eigenvalue weighted by atomic mass is 16.4. The Bertz CT molecular complexity index is 465. The molecule has 0 amide bonds. The van der Waals surface area contributed by atoms with Gasteiger partial charge < -0.3 is 15.0 Å². The van der Waals surface area contributed by atoms with Crippen molar-refractivity contribution in [3.63, 3.8) is 0 Å². The van der Waals surface area contributed by atoms with Crippen LogP contribution < -0.4 is 10.5 Å². The fraction of sp³-hybridized carbons (Fsp3) is 0.545. The molecule has 2 heterocycles. The number of H-pyrrole nitrogens is 1. The summed E-state index contributed by atoms with van der Waals surface area (Å²) in [5, 5.41) is 8.62. The number of hydrogen-bond acceptors (Lipinski definition) is 5. The molecule has 18 heavy (non-hydrogen) atoms. The van der Waals surface area contributed by atoms with Crippen LogP contribution in [0, 0.1) is 0 Å². The number of piperazine rings is 1. The van der Waals surface area contributed by atoms with Crippen LogP contribution in [0.3, 0.4) is 0 Å². The molecule has 1 aromatic rings. The average molecular weight is 252 g/mol. The average Bonchev–Trinajstić information content (AvgIpc) is 2.37. The van der Waals surface area contributed by atoms with Crippen molar-refractivity contribution < 1.29 is 9.90 Å². The Morgan fingerprint density at radius 2 is 2.11 bits per heavy atom. The van der Waals surface area contributed by atoms with Gasteiger partial charge in [0.05, 0.1) is 12.7 Å². The van der Waals surface area contributed by atoms with E-state index in [0.29, 0.717) is 12.4 Å². The second kappa shape index (κ2) is 5.63. The van der Waals surface area contributed by atoms with Gasteiger partial charge in [0.2, 0.25) is 0 Å². The zero-order chi connectivity index (χ0) is 13.0. The van der Waals surface area contributed by atoms with E-state index < -0.39 is 5.97 Å². The second-order valence-electron chi connectivity index (χ2n) is 4.24. The van der Waals surface area contributed by atoms with Gasteiger partial charge in [-0.15, -0.1) is 0 Å². The van der Waals surface area contributed by atoms with Gasteiger partial charge in [0.25, 0.3) is 5.56 Å². The maximum absolute atomic E-state index is 11.2. The largest absolute Gasteiger partial charge is 0.481 e. The number of hydrogen-bond donors (Lipinski definition) is 2. The Kier molecular flexibility index (Phi) is 3.93. The van der Waals surface area contributed by atoms with Crippen LogP contribution in [-0.4, -0.2) is 58.7 Å². The molecule has 7 heteroatoms. The van der Waals surface area contributed by atoms with Gasteiger partial charge in [-0.05, 0) is 0 Å². The normalized spacial score (nSPS) is 16.8. The van der Waals surface area contributed by atoms with Crippen LogP contribution in [0.5, 0.6) is 0 Å². The first kappa shape index (κ1) is 12.6. The first-order valence-corrected chi connectivity index (χ1v) is 5.89. The maximum atomic E-state index is 11.2. The van der Waals surface area contributed by atoms with Gasteiger partial charge in [-0.1, -0.05) is 0 Å². The molecule has 1 aliphatic heterocycles. The van der Waals surface area contributed by atoms with E-state index in [0.717, 1.165) is 26.2 Å². The third-order valence-electron chi connectivity index (χ3n) is 3.00. The molecular formula is C11H16N4O3. The van der Waals surface area contributed by atoms with Gasteiger partial charge in [-0.2, -0.15) is 0 Å². The molecule has 2 N–H and O–H groups in total. The van der Waals surface area contributed by atoms with Gasteiger partial charge in [0.15, 0.2) is 0 Å². The quantitative estimate of drug-likeness (QED) is 0.741. The van der Waals surface area contributed by atoms with E-state index in [2.05, 4.69) is 14.9 Å². The van der Waals surface area contributed by atoms with E-state index in [1.54, 1.807) is 0 Å². The molecule has 0 unspecified atom stereocenters. The number of nitrogens with zero attached hydrogens (tertiary/aromatic N) is 3. The highest BCUT2D eigenvalue weighted by molar-refractivity contribution is 5.66. The van der Waals surface area contributed by atoms with Gasteiger partial charge in [0.1, 0.15) is 5.82 Å². The molecular weight excluding hydrogens is 236 g/mol. The van der Waals surface area contributed by atoms with E-state index in [1.807, 2.05) is 4.90 Å². The third-order valence-corrected chi connectivity index (χ3v) is 3.00. The summed E-state index contributed by atoms with van der Waals surface area (Å²) in [5.74, 6) is -0.0923. The Balaban J connectivity index is 1.86. The lowest BCUT2D eigenvalue weighted by molar-refractivity contribution is -0.137. The Morgan fingerprint density at radius 1 is 1.39 bits per heavy atom. The lowest BCUT2D eigenvalue weighted by Crippen LogP contribution is -2.47. The zero-order valence-electron chi connectivity index (χ0n) is 10.0. The molecule has 0 aliphatic carbocycles. The van der Waals surface area contributed by atoms with Crippen LogP contribution in [0.25, 0.3) is 0 Å². The molecule has 1 aromatic heterocycles. The molecule has 0 saturated carbocycles. The van der Waals surface area contributed by atoms with Crippen molar-refractivity contribution >= 4 is 11.8 Å². The summed E-state index contributed by atoms with van der Waals surface area (Å²) in [5.41, 5.74) is -0.159. The van der Waals surface area contributed by atoms with Gasteiger partial charge in [0, 0.05) is 38.8 Å². The summed E-state index contributed by atoms with van der Waals surface area (Å²) in [6, 6.07) is 1.48. The summed E-state index contributed by atoms with van der Waals surface area (Å²) >= 11 is 0. The van der Waals surface area contributed by atoms with Crippen molar-refractivity contribution in [1.29, 1.82) is 0 Å². The van der Waals surface area contributed by atoms with E-state index in [9.17, 15) is 9.59 Å². The molecule has 0 atom stereocenters. The minimum atomic E-state index is -0.770. The molecule has 0 radical (unpaired) electrons. The Labute approximate surface area is 104 Å². The number of aromatic amines is 1. The molecule has 1 aliphatic rings. The number of carbonyl (C=O) groups is 1. The minimum absolute atomic E-state index is 0.159. The minimum Gasteiger partial charge on any atom is -0.481 e. The lowest BCUT2D eigenvalue weighted by atomic mass is 10.3. The molecule has 1 saturated heterocycles. The predicted octanol–water partition coefficient (Wildman–Crippen LogP) is -0.633. The molecule has 1 fully saturated rings. The van der Waals surface area contributed by atoms with E-state index in [-0.39, 0.29) is 12.0 Å². The fourth-order valence-corrected chi connectivity index (χ4v) is 1.99. The second-order valence-corrected chi connectivity index (χ2v) is 4.24. The van der Waals surface area contributed by atoms with Crippen LogP contribution in [0.1, 0.15) is 6.42 Å². The van der Waals surface area contributed by atoms with Crippen LogP contribution in [0.4, 0.5) is 5.82 Å². The first-order valence-electron chi connectivity index (χ1n) is 5.89. The molecule has 2 rings (SSSR count). The fourth-order valence-electron chi connectivity index (χ4n) is 1.99. The first-order chi connectivity index (χ1) is 8.65. The van der Waals surface area contributed by atoms with E-state index in [1.165, 1.54) is 12.4 Å². The van der Waals surface area contributed by atoms with Crippen LogP contribution >= 0.6 is 0 Å². The van der Waals surface area contributed by atoms with E-state index in [4.69, 9.17) is 5.11 Å². The Hall–Kier alpha value is -1.89. The standard InChI is InChI=1S/C11H16N4O3/c16-10-7-9(12-8-13-10)15-5-3-14(4-6-15)2-1-11(17)18/h7-8H,1-6H2,(H,17,18)(H,12,13,16). The summed E-state index contributed by atoms with van der Waals surface area (Å²) in [6.45, 7) is 3.68. The number of carboxylic acids is 1. The van der Waals surface area contributed by atoms with E-state index >= 15 is 0 Å². The molecule has 98 valence electrons. The number of aromatic nitrogens is 2. The van der Waals surface area contributed by atoms with Crippen molar-refractivity contribution in [2.24, 2.45) is 0 Å². The van der Waals surface area contributed by atoms with Crippen LogP contribution in [-0.2, 0) is 4.79 Å². The summed E-state index contributed by atoms with van der Waals surface area (Å²) < 4.78 is 0.